The molecule has 2 rings (SSSR count). The van der Waals surface area contributed by atoms with Crippen molar-refractivity contribution in [2.45, 2.75) is 12.5 Å². The van der Waals surface area contributed by atoms with Crippen LogP contribution in [-0.2, 0) is 0 Å². The normalized spacial score (nSPS) is 11.8. The molecule has 1 atom stereocenters. The molecule has 23 heavy (non-hydrogen) atoms. The molecule has 0 aliphatic heterocycles. The zero-order chi connectivity index (χ0) is 17.0. The van der Waals surface area contributed by atoms with Crippen molar-refractivity contribution in [3.8, 4) is 0 Å². The van der Waals surface area contributed by atoms with Crippen molar-refractivity contribution < 1.29 is 18.7 Å². The van der Waals surface area contributed by atoms with Crippen LogP contribution in [0.4, 0.5) is 19.3 Å². The zero-order valence-corrected chi connectivity index (χ0v) is 12.8. The number of amides is 1. The molecule has 1 amide bonds. The Labute approximate surface area is 137 Å². The number of carboxylic acid groups (broad SMARTS) is 1. The molecule has 2 aromatic rings. The van der Waals surface area contributed by atoms with Gasteiger partial charge < -0.3 is 5.11 Å². The molecule has 2 aromatic carbocycles. The number of hydrogen-bond acceptors (Lipinski definition) is 1. The summed E-state index contributed by atoms with van der Waals surface area (Å²) in [7, 11) is 0. The summed E-state index contributed by atoms with van der Waals surface area (Å²) in [6.45, 7) is 3.55. The number of halogens is 3. The van der Waals surface area contributed by atoms with Crippen molar-refractivity contribution in [3.63, 3.8) is 0 Å². The van der Waals surface area contributed by atoms with E-state index in [0.29, 0.717) is 5.69 Å². The molecule has 0 heterocycles. The predicted molar refractivity (Wildman–Crippen MR) is 85.9 cm³/mol. The molecular formula is C17H14ClF2NO2. The van der Waals surface area contributed by atoms with Crippen LogP contribution in [0, 0.1) is 11.6 Å². The lowest BCUT2D eigenvalue weighted by Gasteiger charge is -2.29. The van der Waals surface area contributed by atoms with Gasteiger partial charge in [-0.3, -0.25) is 4.90 Å². The van der Waals surface area contributed by atoms with Crippen molar-refractivity contribution in [2.75, 3.05) is 4.90 Å². The number of para-hydroxylation sites is 1. The van der Waals surface area contributed by atoms with Crippen LogP contribution in [-0.4, -0.2) is 11.2 Å². The van der Waals surface area contributed by atoms with Crippen LogP contribution < -0.4 is 4.90 Å². The molecule has 0 aliphatic rings. The molecule has 1 N–H and O–H groups in total. The van der Waals surface area contributed by atoms with E-state index in [1.807, 2.05) is 0 Å². The third-order valence-corrected chi connectivity index (χ3v) is 3.65. The smallest absolute Gasteiger partial charge is 0.412 e. The Balaban J connectivity index is 2.63. The topological polar surface area (TPSA) is 40.5 Å². The van der Waals surface area contributed by atoms with Crippen molar-refractivity contribution in [2.24, 2.45) is 0 Å². The third-order valence-electron chi connectivity index (χ3n) is 3.35. The van der Waals surface area contributed by atoms with Crippen molar-refractivity contribution >= 4 is 23.4 Å². The Morgan fingerprint density at radius 2 is 1.91 bits per heavy atom. The maximum absolute atomic E-state index is 14.3. The first-order valence-electron chi connectivity index (χ1n) is 6.78. The van der Waals surface area contributed by atoms with E-state index in [1.54, 1.807) is 30.3 Å². The fourth-order valence-electron chi connectivity index (χ4n) is 2.37. The first-order valence-corrected chi connectivity index (χ1v) is 7.16. The summed E-state index contributed by atoms with van der Waals surface area (Å²) in [5.74, 6) is -1.83. The first-order chi connectivity index (χ1) is 11.0. The molecule has 0 bridgehead atoms. The summed E-state index contributed by atoms with van der Waals surface area (Å²) in [6, 6.07) is 9.07. The SMILES string of the molecule is C=CCC(c1c(F)ccc(Cl)c1F)N(C(=O)O)c1ccccc1. The average molecular weight is 338 g/mol. The largest absolute Gasteiger partial charge is 0.465 e. The van der Waals surface area contributed by atoms with Gasteiger partial charge in [-0.2, -0.15) is 0 Å². The van der Waals surface area contributed by atoms with E-state index in [-0.39, 0.29) is 11.4 Å². The second kappa shape index (κ2) is 7.24. The average Bonchev–Trinajstić information content (AvgIpc) is 2.52. The number of nitrogens with zero attached hydrogens (tertiary/aromatic N) is 1. The molecule has 6 heteroatoms. The van der Waals surface area contributed by atoms with E-state index in [9.17, 15) is 18.7 Å². The maximum atomic E-state index is 14.3. The van der Waals surface area contributed by atoms with E-state index >= 15 is 0 Å². The second-order valence-electron chi connectivity index (χ2n) is 4.79. The van der Waals surface area contributed by atoms with Gasteiger partial charge in [0.25, 0.3) is 0 Å². The minimum atomic E-state index is -1.33. The van der Waals surface area contributed by atoms with Crippen LogP contribution in [0.15, 0.2) is 55.1 Å². The lowest BCUT2D eigenvalue weighted by Crippen LogP contribution is -2.34. The van der Waals surface area contributed by atoms with Crippen molar-refractivity contribution in [1.82, 2.24) is 0 Å². The molecule has 0 fully saturated rings. The lowest BCUT2D eigenvalue weighted by atomic mass is 10.00. The Morgan fingerprint density at radius 1 is 1.26 bits per heavy atom. The Hall–Kier alpha value is -2.40. The summed E-state index contributed by atoms with van der Waals surface area (Å²) in [6.07, 6.45) is 0.0976. The Kier molecular flexibility index (Phi) is 5.34. The Morgan fingerprint density at radius 3 is 2.48 bits per heavy atom. The van der Waals surface area contributed by atoms with Gasteiger partial charge in [0, 0.05) is 11.3 Å². The van der Waals surface area contributed by atoms with Crippen LogP contribution in [0.3, 0.4) is 0 Å². The fourth-order valence-corrected chi connectivity index (χ4v) is 2.54. The number of rotatable bonds is 5. The van der Waals surface area contributed by atoms with Crippen LogP contribution in [0.1, 0.15) is 18.0 Å². The number of hydrogen-bond donors (Lipinski definition) is 1. The molecule has 1 unspecified atom stereocenters. The van der Waals surface area contributed by atoms with Crippen molar-refractivity contribution in [3.05, 3.63) is 77.3 Å². The summed E-state index contributed by atoms with van der Waals surface area (Å²) in [4.78, 5) is 12.6. The van der Waals surface area contributed by atoms with Gasteiger partial charge in [0.05, 0.1) is 11.1 Å². The summed E-state index contributed by atoms with van der Waals surface area (Å²) < 4.78 is 28.5. The van der Waals surface area contributed by atoms with E-state index in [4.69, 9.17) is 11.6 Å². The number of carbonyl (C=O) groups is 1. The van der Waals surface area contributed by atoms with Gasteiger partial charge in [-0.25, -0.2) is 13.6 Å². The highest BCUT2D eigenvalue weighted by Crippen LogP contribution is 2.35. The fraction of sp³-hybridized carbons (Fsp3) is 0.118. The summed E-state index contributed by atoms with van der Waals surface area (Å²) in [5, 5.41) is 9.28. The van der Waals surface area contributed by atoms with Gasteiger partial charge in [0.15, 0.2) is 0 Å². The van der Waals surface area contributed by atoms with Crippen LogP contribution >= 0.6 is 11.6 Å². The van der Waals surface area contributed by atoms with E-state index in [2.05, 4.69) is 6.58 Å². The highest BCUT2D eigenvalue weighted by Gasteiger charge is 2.31. The zero-order valence-electron chi connectivity index (χ0n) is 12.0. The van der Waals surface area contributed by atoms with Crippen LogP contribution in [0.2, 0.25) is 5.02 Å². The number of benzene rings is 2. The summed E-state index contributed by atoms with van der Waals surface area (Å²) in [5.41, 5.74) is -0.103. The molecule has 0 aliphatic carbocycles. The molecule has 3 nitrogen and oxygen atoms in total. The summed E-state index contributed by atoms with van der Waals surface area (Å²) >= 11 is 5.73. The van der Waals surface area contributed by atoms with Gasteiger partial charge in [0.1, 0.15) is 11.6 Å². The third kappa shape index (κ3) is 3.51. The standard InChI is InChI=1S/C17H14ClF2NO2/c1-2-6-14(15-13(19)10-9-12(18)16(15)20)21(17(22)23)11-7-4-3-5-8-11/h2-5,7-10,14H,1,6H2,(H,22,23). The lowest BCUT2D eigenvalue weighted by molar-refractivity contribution is 0.198. The van der Waals surface area contributed by atoms with Gasteiger partial charge in [-0.05, 0) is 30.7 Å². The predicted octanol–water partition coefficient (Wildman–Crippen LogP) is 5.42. The minimum Gasteiger partial charge on any atom is -0.465 e. The second-order valence-corrected chi connectivity index (χ2v) is 5.19. The first kappa shape index (κ1) is 17.0. The van der Waals surface area contributed by atoms with E-state index in [0.717, 1.165) is 17.0 Å². The molecule has 0 saturated carbocycles. The molecule has 0 spiro atoms. The van der Waals surface area contributed by atoms with Gasteiger partial charge in [-0.1, -0.05) is 35.9 Å². The van der Waals surface area contributed by atoms with Gasteiger partial charge >= 0.3 is 6.09 Å². The molecule has 120 valence electrons. The maximum Gasteiger partial charge on any atom is 0.412 e. The Bertz CT molecular complexity index is 722. The molecular weight excluding hydrogens is 324 g/mol. The van der Waals surface area contributed by atoms with Crippen LogP contribution in [0.25, 0.3) is 0 Å². The molecule has 0 radical (unpaired) electrons. The van der Waals surface area contributed by atoms with Crippen molar-refractivity contribution in [1.29, 1.82) is 0 Å². The number of anilines is 1. The minimum absolute atomic E-state index is 0.0232. The monoisotopic (exact) mass is 337 g/mol. The molecule has 0 saturated heterocycles. The van der Waals surface area contributed by atoms with Crippen LogP contribution in [0.5, 0.6) is 0 Å². The van der Waals surface area contributed by atoms with E-state index < -0.39 is 29.3 Å². The van der Waals surface area contributed by atoms with E-state index in [1.165, 1.54) is 6.08 Å². The highest BCUT2D eigenvalue weighted by molar-refractivity contribution is 6.30. The quantitative estimate of drug-likeness (QED) is 0.584. The van der Waals surface area contributed by atoms with Gasteiger partial charge in [0.2, 0.25) is 0 Å². The van der Waals surface area contributed by atoms with Gasteiger partial charge in [-0.15, -0.1) is 6.58 Å². The highest BCUT2D eigenvalue weighted by atomic mass is 35.5. The molecule has 0 aromatic heterocycles.